The summed E-state index contributed by atoms with van der Waals surface area (Å²) >= 11 is 6.05. The standard InChI is InChI=1S/C18H19ClFNO2/c1-18(23,14-7-9-15(20)10-8-14)12-21-17(22)11-6-13-4-2-3-5-16(13)19/h2-5,7-10,23H,6,11-12H2,1H3,(H,21,22). The highest BCUT2D eigenvalue weighted by atomic mass is 35.5. The Balaban J connectivity index is 1.86. The van der Waals surface area contributed by atoms with E-state index in [-0.39, 0.29) is 24.7 Å². The third kappa shape index (κ3) is 5.05. The van der Waals surface area contributed by atoms with Crippen LogP contribution in [-0.2, 0) is 16.8 Å². The van der Waals surface area contributed by atoms with Gasteiger partial charge in [-0.1, -0.05) is 41.9 Å². The molecule has 0 aliphatic heterocycles. The minimum absolute atomic E-state index is 0.0555. The van der Waals surface area contributed by atoms with Gasteiger partial charge in [-0.25, -0.2) is 4.39 Å². The first kappa shape index (κ1) is 17.4. The molecule has 0 heterocycles. The highest BCUT2D eigenvalue weighted by Crippen LogP contribution is 2.20. The normalized spacial score (nSPS) is 13.4. The lowest BCUT2D eigenvalue weighted by atomic mass is 9.96. The summed E-state index contributed by atoms with van der Waals surface area (Å²) in [5.74, 6) is -0.541. The van der Waals surface area contributed by atoms with Gasteiger partial charge < -0.3 is 10.4 Å². The van der Waals surface area contributed by atoms with Crippen LogP contribution in [0.25, 0.3) is 0 Å². The largest absolute Gasteiger partial charge is 0.384 e. The molecule has 0 radical (unpaired) electrons. The highest BCUT2D eigenvalue weighted by molar-refractivity contribution is 6.31. The van der Waals surface area contributed by atoms with Crippen LogP contribution in [0.4, 0.5) is 4.39 Å². The molecule has 0 aromatic heterocycles. The van der Waals surface area contributed by atoms with Gasteiger partial charge in [0.1, 0.15) is 11.4 Å². The van der Waals surface area contributed by atoms with E-state index < -0.39 is 5.60 Å². The fraction of sp³-hybridized carbons (Fsp3) is 0.278. The van der Waals surface area contributed by atoms with E-state index in [1.165, 1.54) is 24.3 Å². The number of hydrogen-bond acceptors (Lipinski definition) is 2. The van der Waals surface area contributed by atoms with E-state index in [2.05, 4.69) is 5.32 Å². The van der Waals surface area contributed by atoms with E-state index in [1.54, 1.807) is 13.0 Å². The Morgan fingerprint density at radius 1 is 1.22 bits per heavy atom. The predicted octanol–water partition coefficient (Wildman–Crippen LogP) is 3.44. The Morgan fingerprint density at radius 2 is 1.87 bits per heavy atom. The first-order valence-electron chi connectivity index (χ1n) is 7.37. The quantitative estimate of drug-likeness (QED) is 0.849. The summed E-state index contributed by atoms with van der Waals surface area (Å²) < 4.78 is 12.9. The Kier molecular flexibility index (Phi) is 5.74. The van der Waals surface area contributed by atoms with Crippen molar-refractivity contribution in [3.8, 4) is 0 Å². The van der Waals surface area contributed by atoms with Crippen molar-refractivity contribution in [2.75, 3.05) is 6.54 Å². The molecule has 0 bridgehead atoms. The zero-order chi connectivity index (χ0) is 16.9. The topological polar surface area (TPSA) is 49.3 Å². The van der Waals surface area contributed by atoms with Crippen molar-refractivity contribution < 1.29 is 14.3 Å². The molecule has 23 heavy (non-hydrogen) atoms. The number of hydrogen-bond donors (Lipinski definition) is 2. The third-order valence-corrected chi connectivity index (χ3v) is 4.04. The van der Waals surface area contributed by atoms with E-state index in [0.29, 0.717) is 17.0 Å². The number of aryl methyl sites for hydroxylation is 1. The molecule has 2 rings (SSSR count). The van der Waals surface area contributed by atoms with Crippen LogP contribution in [0.5, 0.6) is 0 Å². The van der Waals surface area contributed by atoms with Gasteiger partial charge in [-0.2, -0.15) is 0 Å². The molecule has 122 valence electrons. The number of carbonyl (C=O) groups excluding carboxylic acids is 1. The summed E-state index contributed by atoms with van der Waals surface area (Å²) in [6.07, 6.45) is 0.813. The molecule has 1 unspecified atom stereocenters. The maximum Gasteiger partial charge on any atom is 0.220 e. The van der Waals surface area contributed by atoms with Gasteiger partial charge in [0.15, 0.2) is 0 Å². The lowest BCUT2D eigenvalue weighted by Crippen LogP contribution is -2.38. The van der Waals surface area contributed by atoms with Gasteiger partial charge in [-0.05, 0) is 42.7 Å². The van der Waals surface area contributed by atoms with Gasteiger partial charge in [0, 0.05) is 11.4 Å². The maximum absolute atomic E-state index is 12.9. The third-order valence-electron chi connectivity index (χ3n) is 3.68. The van der Waals surface area contributed by atoms with Crippen LogP contribution in [0.3, 0.4) is 0 Å². The molecular weight excluding hydrogens is 317 g/mol. The Bertz CT molecular complexity index is 671. The van der Waals surface area contributed by atoms with Crippen molar-refractivity contribution >= 4 is 17.5 Å². The molecular formula is C18H19ClFNO2. The van der Waals surface area contributed by atoms with Gasteiger partial charge in [0.2, 0.25) is 5.91 Å². The SMILES string of the molecule is CC(O)(CNC(=O)CCc1ccccc1Cl)c1ccc(F)cc1. The Morgan fingerprint density at radius 3 is 2.52 bits per heavy atom. The second-order valence-electron chi connectivity index (χ2n) is 5.65. The minimum Gasteiger partial charge on any atom is -0.384 e. The van der Waals surface area contributed by atoms with Crippen LogP contribution < -0.4 is 5.32 Å². The van der Waals surface area contributed by atoms with Crippen LogP contribution in [0.2, 0.25) is 5.02 Å². The number of amides is 1. The molecule has 2 aromatic rings. The minimum atomic E-state index is -1.26. The number of carbonyl (C=O) groups is 1. The van der Waals surface area contributed by atoms with Gasteiger partial charge in [0.25, 0.3) is 0 Å². The van der Waals surface area contributed by atoms with Crippen molar-refractivity contribution in [1.29, 1.82) is 0 Å². The number of halogens is 2. The molecule has 0 saturated carbocycles. The summed E-state index contributed by atoms with van der Waals surface area (Å²) in [6, 6.07) is 12.9. The summed E-state index contributed by atoms with van der Waals surface area (Å²) in [6.45, 7) is 1.63. The van der Waals surface area contributed by atoms with Crippen molar-refractivity contribution in [2.24, 2.45) is 0 Å². The van der Waals surface area contributed by atoms with Gasteiger partial charge in [0.05, 0.1) is 6.54 Å². The van der Waals surface area contributed by atoms with Crippen molar-refractivity contribution in [3.05, 3.63) is 70.5 Å². The molecule has 1 amide bonds. The molecule has 2 N–H and O–H groups in total. The molecule has 0 saturated heterocycles. The smallest absolute Gasteiger partial charge is 0.220 e. The number of nitrogens with one attached hydrogen (secondary N) is 1. The summed E-state index contributed by atoms with van der Waals surface area (Å²) in [7, 11) is 0. The zero-order valence-electron chi connectivity index (χ0n) is 12.9. The Hall–Kier alpha value is -1.91. The monoisotopic (exact) mass is 335 g/mol. The van der Waals surface area contributed by atoms with E-state index in [0.717, 1.165) is 5.56 Å². The van der Waals surface area contributed by atoms with Crippen LogP contribution in [-0.4, -0.2) is 17.6 Å². The van der Waals surface area contributed by atoms with Gasteiger partial charge >= 0.3 is 0 Å². The molecule has 2 aromatic carbocycles. The van der Waals surface area contributed by atoms with Crippen molar-refractivity contribution in [2.45, 2.75) is 25.4 Å². The average molecular weight is 336 g/mol. The zero-order valence-corrected chi connectivity index (χ0v) is 13.6. The van der Waals surface area contributed by atoms with Gasteiger partial charge in [-0.3, -0.25) is 4.79 Å². The summed E-state index contributed by atoms with van der Waals surface area (Å²) in [5, 5.41) is 13.7. The van der Waals surface area contributed by atoms with Crippen molar-refractivity contribution in [1.82, 2.24) is 5.32 Å². The second kappa shape index (κ2) is 7.57. The molecule has 0 aliphatic rings. The predicted molar refractivity (Wildman–Crippen MR) is 88.8 cm³/mol. The summed E-state index contributed by atoms with van der Waals surface area (Å²) in [4.78, 5) is 11.9. The molecule has 0 fully saturated rings. The first-order valence-corrected chi connectivity index (χ1v) is 7.75. The summed E-state index contributed by atoms with van der Waals surface area (Å²) in [5.41, 5.74) is 0.202. The molecule has 0 spiro atoms. The fourth-order valence-electron chi connectivity index (χ4n) is 2.22. The average Bonchev–Trinajstić information content (AvgIpc) is 2.53. The fourth-order valence-corrected chi connectivity index (χ4v) is 2.45. The molecule has 0 aliphatic carbocycles. The van der Waals surface area contributed by atoms with Crippen LogP contribution in [0, 0.1) is 5.82 Å². The highest BCUT2D eigenvalue weighted by Gasteiger charge is 2.23. The van der Waals surface area contributed by atoms with Crippen LogP contribution in [0.15, 0.2) is 48.5 Å². The number of aliphatic hydroxyl groups is 1. The van der Waals surface area contributed by atoms with E-state index in [1.807, 2.05) is 18.2 Å². The van der Waals surface area contributed by atoms with E-state index in [4.69, 9.17) is 11.6 Å². The van der Waals surface area contributed by atoms with Crippen LogP contribution in [0.1, 0.15) is 24.5 Å². The first-order chi connectivity index (χ1) is 10.9. The van der Waals surface area contributed by atoms with E-state index in [9.17, 15) is 14.3 Å². The number of rotatable bonds is 6. The maximum atomic E-state index is 12.9. The molecule has 1 atom stereocenters. The second-order valence-corrected chi connectivity index (χ2v) is 6.06. The lowest BCUT2D eigenvalue weighted by molar-refractivity contribution is -0.122. The lowest BCUT2D eigenvalue weighted by Gasteiger charge is -2.24. The van der Waals surface area contributed by atoms with Crippen molar-refractivity contribution in [3.63, 3.8) is 0 Å². The molecule has 5 heteroatoms. The Labute approximate surface area is 140 Å². The van der Waals surface area contributed by atoms with Gasteiger partial charge in [-0.15, -0.1) is 0 Å². The van der Waals surface area contributed by atoms with Crippen LogP contribution >= 0.6 is 11.6 Å². The molecule has 3 nitrogen and oxygen atoms in total. The van der Waals surface area contributed by atoms with E-state index >= 15 is 0 Å². The number of benzene rings is 2.